The normalized spacial score (nSPS) is 12.6. The zero-order chi connectivity index (χ0) is 15.4. The van der Waals surface area contributed by atoms with Crippen molar-refractivity contribution in [2.24, 2.45) is 0 Å². The maximum Gasteiger partial charge on any atom is 0.131 e. The van der Waals surface area contributed by atoms with Gasteiger partial charge < -0.3 is 10.2 Å². The van der Waals surface area contributed by atoms with Gasteiger partial charge in [-0.05, 0) is 25.2 Å². The Kier molecular flexibility index (Phi) is 4.88. The fourth-order valence-electron chi connectivity index (χ4n) is 2.22. The van der Waals surface area contributed by atoms with Gasteiger partial charge in [-0.15, -0.1) is 0 Å². The van der Waals surface area contributed by atoms with Crippen LogP contribution in [0.3, 0.4) is 0 Å². The summed E-state index contributed by atoms with van der Waals surface area (Å²) >= 11 is 0. The van der Waals surface area contributed by atoms with Gasteiger partial charge in [-0.25, -0.2) is 8.78 Å². The van der Waals surface area contributed by atoms with Crippen molar-refractivity contribution in [2.75, 3.05) is 13.6 Å². The number of aromatic hydroxyl groups is 1. The lowest BCUT2D eigenvalue weighted by molar-refractivity contribution is 0.116. The summed E-state index contributed by atoms with van der Waals surface area (Å²) in [4.78, 5) is 1.69. The molecule has 0 fully saturated rings. The predicted molar refractivity (Wildman–Crippen MR) is 75.8 cm³/mol. The molecule has 0 radical (unpaired) electrons. The Morgan fingerprint density at radius 1 is 1.05 bits per heavy atom. The summed E-state index contributed by atoms with van der Waals surface area (Å²) in [5.41, 5.74) is 0.350. The Morgan fingerprint density at radius 2 is 1.67 bits per heavy atom. The first kappa shape index (κ1) is 15.4. The molecule has 0 heterocycles. The average Bonchev–Trinajstić information content (AvgIpc) is 2.41. The van der Waals surface area contributed by atoms with Crippen LogP contribution >= 0.6 is 0 Å². The fourth-order valence-corrected chi connectivity index (χ4v) is 2.22. The number of likely N-dealkylation sites (N-methyl/N-ethyl adjacent to an activating group) is 1. The SMILES string of the molecule is CN(Cc1ccccc1O)CC(O)c1c(F)cccc1F. The Labute approximate surface area is 122 Å². The Morgan fingerprint density at radius 3 is 2.29 bits per heavy atom. The number of phenolic OH excluding ortho intramolecular Hbond substituents is 1. The number of halogens is 2. The van der Waals surface area contributed by atoms with Gasteiger partial charge in [0.1, 0.15) is 17.4 Å². The lowest BCUT2D eigenvalue weighted by Crippen LogP contribution is -2.25. The molecule has 2 rings (SSSR count). The summed E-state index contributed by atoms with van der Waals surface area (Å²) in [5.74, 6) is -1.38. The average molecular weight is 293 g/mol. The second-order valence-corrected chi connectivity index (χ2v) is 4.98. The number of rotatable bonds is 5. The molecule has 21 heavy (non-hydrogen) atoms. The van der Waals surface area contributed by atoms with Gasteiger partial charge in [0.2, 0.25) is 0 Å². The highest BCUT2D eigenvalue weighted by atomic mass is 19.1. The van der Waals surface area contributed by atoms with Gasteiger partial charge >= 0.3 is 0 Å². The quantitative estimate of drug-likeness (QED) is 0.891. The molecule has 0 saturated carbocycles. The third-order valence-electron chi connectivity index (χ3n) is 3.25. The van der Waals surface area contributed by atoms with Crippen LogP contribution in [0.25, 0.3) is 0 Å². The summed E-state index contributed by atoms with van der Waals surface area (Å²) in [6.45, 7) is 0.409. The second-order valence-electron chi connectivity index (χ2n) is 4.98. The zero-order valence-corrected chi connectivity index (χ0v) is 11.6. The number of nitrogens with zero attached hydrogens (tertiary/aromatic N) is 1. The smallest absolute Gasteiger partial charge is 0.131 e. The van der Waals surface area contributed by atoms with Gasteiger partial charge in [-0.2, -0.15) is 0 Å². The Hall–Kier alpha value is -1.98. The van der Waals surface area contributed by atoms with Crippen molar-refractivity contribution in [3.8, 4) is 5.75 Å². The number of phenols is 1. The summed E-state index contributed by atoms with van der Waals surface area (Å²) < 4.78 is 27.2. The molecule has 1 unspecified atom stereocenters. The molecule has 2 N–H and O–H groups in total. The van der Waals surface area contributed by atoms with Gasteiger partial charge in [0, 0.05) is 18.7 Å². The molecule has 1 atom stereocenters. The molecule has 0 aromatic heterocycles. The third-order valence-corrected chi connectivity index (χ3v) is 3.25. The number of benzene rings is 2. The van der Waals surface area contributed by atoms with Crippen LogP contribution in [0.1, 0.15) is 17.2 Å². The molecule has 0 amide bonds. The van der Waals surface area contributed by atoms with E-state index in [1.165, 1.54) is 6.07 Å². The van der Waals surface area contributed by atoms with E-state index >= 15 is 0 Å². The number of para-hydroxylation sites is 1. The van der Waals surface area contributed by atoms with Crippen molar-refractivity contribution in [3.05, 3.63) is 65.2 Å². The largest absolute Gasteiger partial charge is 0.508 e. The highest BCUT2D eigenvalue weighted by Gasteiger charge is 2.19. The highest BCUT2D eigenvalue weighted by molar-refractivity contribution is 5.31. The lowest BCUT2D eigenvalue weighted by atomic mass is 10.1. The molecule has 0 spiro atoms. The monoisotopic (exact) mass is 293 g/mol. The standard InChI is InChI=1S/C16H17F2NO2/c1-19(9-11-5-2-3-8-14(11)20)10-15(21)16-12(17)6-4-7-13(16)18/h2-8,15,20-21H,9-10H2,1H3. The van der Waals surface area contributed by atoms with E-state index in [9.17, 15) is 19.0 Å². The minimum Gasteiger partial charge on any atom is -0.508 e. The lowest BCUT2D eigenvalue weighted by Gasteiger charge is -2.21. The molecule has 0 aliphatic heterocycles. The zero-order valence-electron chi connectivity index (χ0n) is 11.6. The van der Waals surface area contributed by atoms with Crippen LogP contribution in [0.5, 0.6) is 5.75 Å². The summed E-state index contributed by atoms with van der Waals surface area (Å²) in [7, 11) is 1.70. The Bertz CT molecular complexity index is 599. The van der Waals surface area contributed by atoms with E-state index in [4.69, 9.17) is 0 Å². The van der Waals surface area contributed by atoms with Gasteiger partial charge in [-0.1, -0.05) is 24.3 Å². The molecule has 0 saturated heterocycles. The molecule has 0 bridgehead atoms. The van der Waals surface area contributed by atoms with E-state index in [0.29, 0.717) is 12.1 Å². The van der Waals surface area contributed by atoms with Gasteiger partial charge in [0.15, 0.2) is 0 Å². The minimum atomic E-state index is -1.28. The maximum atomic E-state index is 13.6. The van der Waals surface area contributed by atoms with Crippen LogP contribution in [-0.2, 0) is 6.54 Å². The van der Waals surface area contributed by atoms with E-state index in [-0.39, 0.29) is 17.9 Å². The van der Waals surface area contributed by atoms with Crippen molar-refractivity contribution in [2.45, 2.75) is 12.6 Å². The van der Waals surface area contributed by atoms with Crippen LogP contribution in [0.15, 0.2) is 42.5 Å². The number of hydrogen-bond acceptors (Lipinski definition) is 3. The second kappa shape index (κ2) is 6.65. The van der Waals surface area contributed by atoms with Crippen molar-refractivity contribution in [1.82, 2.24) is 4.90 Å². The molecule has 5 heteroatoms. The molecule has 3 nitrogen and oxygen atoms in total. The van der Waals surface area contributed by atoms with Gasteiger partial charge in [-0.3, -0.25) is 4.90 Å². The first-order chi connectivity index (χ1) is 9.99. The van der Waals surface area contributed by atoms with Crippen LogP contribution in [0.2, 0.25) is 0 Å². The van der Waals surface area contributed by atoms with Crippen LogP contribution in [0.4, 0.5) is 8.78 Å². The molecule has 0 aliphatic carbocycles. The van der Waals surface area contributed by atoms with Gasteiger partial charge in [0.25, 0.3) is 0 Å². The van der Waals surface area contributed by atoms with E-state index in [1.54, 1.807) is 36.2 Å². The summed E-state index contributed by atoms with van der Waals surface area (Å²) in [5, 5.41) is 19.7. The van der Waals surface area contributed by atoms with Crippen molar-refractivity contribution >= 4 is 0 Å². The predicted octanol–water partition coefficient (Wildman–Crippen LogP) is 2.84. The molecular weight excluding hydrogens is 276 g/mol. The summed E-state index contributed by atoms with van der Waals surface area (Å²) in [6.07, 6.45) is -1.28. The van der Waals surface area contributed by atoms with Crippen LogP contribution in [0, 0.1) is 11.6 Å². The minimum absolute atomic E-state index is 0.0478. The van der Waals surface area contributed by atoms with Crippen molar-refractivity contribution in [1.29, 1.82) is 0 Å². The number of aliphatic hydroxyl groups is 1. The van der Waals surface area contributed by atoms with E-state index in [0.717, 1.165) is 12.1 Å². The number of hydrogen-bond donors (Lipinski definition) is 2. The van der Waals surface area contributed by atoms with Crippen LogP contribution in [-0.4, -0.2) is 28.7 Å². The third kappa shape index (κ3) is 3.77. The van der Waals surface area contributed by atoms with Crippen LogP contribution < -0.4 is 0 Å². The first-order valence-electron chi connectivity index (χ1n) is 6.56. The molecular formula is C16H17F2NO2. The topological polar surface area (TPSA) is 43.7 Å². The fraction of sp³-hybridized carbons (Fsp3) is 0.250. The Balaban J connectivity index is 2.06. The molecule has 2 aromatic rings. The molecule has 2 aromatic carbocycles. The molecule has 112 valence electrons. The van der Waals surface area contributed by atoms with Crippen molar-refractivity contribution < 1.29 is 19.0 Å². The molecule has 0 aliphatic rings. The highest BCUT2D eigenvalue weighted by Crippen LogP contribution is 2.23. The number of aliphatic hydroxyl groups excluding tert-OH is 1. The van der Waals surface area contributed by atoms with E-state index in [1.807, 2.05) is 0 Å². The van der Waals surface area contributed by atoms with E-state index < -0.39 is 17.7 Å². The van der Waals surface area contributed by atoms with E-state index in [2.05, 4.69) is 0 Å². The summed E-state index contributed by atoms with van der Waals surface area (Å²) in [6, 6.07) is 10.3. The first-order valence-corrected chi connectivity index (χ1v) is 6.56. The van der Waals surface area contributed by atoms with Crippen molar-refractivity contribution in [3.63, 3.8) is 0 Å². The maximum absolute atomic E-state index is 13.6. The van der Waals surface area contributed by atoms with Gasteiger partial charge in [0.05, 0.1) is 11.7 Å².